The van der Waals surface area contributed by atoms with Crippen molar-refractivity contribution in [2.75, 3.05) is 60.9 Å². The van der Waals surface area contributed by atoms with Crippen molar-refractivity contribution < 1.29 is 66.7 Å². The third kappa shape index (κ3) is 15.3. The zero-order valence-electron chi connectivity index (χ0n) is 45.9. The van der Waals surface area contributed by atoms with Crippen LogP contribution >= 0.6 is 0 Å². The number of amides is 5. The molecule has 3 heterocycles. The van der Waals surface area contributed by atoms with Crippen LogP contribution in [0.5, 0.6) is 23.0 Å². The number of nitrogens with one attached hydrogen (secondary N) is 1. The topological polar surface area (TPSA) is 203 Å². The summed E-state index contributed by atoms with van der Waals surface area (Å²) in [6.07, 6.45) is 5.50. The largest absolute Gasteiger partial charge is 0.493 e. The van der Waals surface area contributed by atoms with Gasteiger partial charge in [0, 0.05) is 39.7 Å². The molecule has 3 aliphatic heterocycles. The van der Waals surface area contributed by atoms with Crippen LogP contribution in [0.3, 0.4) is 0 Å². The Balaban J connectivity index is 0.000000308. The standard InChI is InChI=1S/C42H55NO8.C18H20N2O6/c1-8-36(33-24-30(4)40(49-7)39(26-33)48-6)41(45)43-21-10-9-16-37(43)42(46)51-38(20-19-31-18-17-28(2)29(3)23-31)32-13-11-15-35(25-32)50-27-34(44)14-12-22-47-5;1-2-8-25-9-10-26-13-5-3-4-11-15(13)18(24)20(17(11)23)12-6-7-14(21)19-16(12)22/h11,13,15,17-18,23-26,36-38H,8-10,12,14,16,19-22,27H2,1-7H3;3-5,12H,2,6-10H2,1H3,(H,19,21,22)/t36-,37-,38?;/m0./s1. The van der Waals surface area contributed by atoms with Gasteiger partial charge in [0.1, 0.15) is 42.9 Å². The molecule has 2 fully saturated rings. The molecule has 2 saturated heterocycles. The smallest absolute Gasteiger partial charge is 0.329 e. The van der Waals surface area contributed by atoms with E-state index in [-0.39, 0.29) is 54.6 Å². The van der Waals surface area contributed by atoms with E-state index in [1.807, 2.05) is 51.1 Å². The van der Waals surface area contributed by atoms with Gasteiger partial charge in [-0.2, -0.15) is 0 Å². The lowest BCUT2D eigenvalue weighted by Gasteiger charge is -2.37. The van der Waals surface area contributed by atoms with Gasteiger partial charge < -0.3 is 38.1 Å². The first-order valence-electron chi connectivity index (χ1n) is 26.7. The van der Waals surface area contributed by atoms with Crippen molar-refractivity contribution in [3.05, 3.63) is 117 Å². The number of carbonyl (C=O) groups is 7. The highest BCUT2D eigenvalue weighted by molar-refractivity contribution is 6.24. The van der Waals surface area contributed by atoms with Gasteiger partial charge in [0.05, 0.1) is 37.9 Å². The maximum Gasteiger partial charge on any atom is 0.329 e. The fourth-order valence-electron chi connectivity index (χ4n) is 9.86. The number of nitrogens with zero attached hydrogens (tertiary/aromatic N) is 2. The van der Waals surface area contributed by atoms with Crippen LogP contribution in [0.1, 0.15) is 144 Å². The number of benzene rings is 4. The second kappa shape index (κ2) is 28.9. The number of rotatable bonds is 25. The maximum absolute atomic E-state index is 14.3. The number of ether oxygens (including phenoxy) is 7. The number of Topliss-reactive ketones (excluding diaryl/α,β-unsaturated/α-hetero) is 1. The molecule has 17 heteroatoms. The summed E-state index contributed by atoms with van der Waals surface area (Å²) in [7, 11) is 4.80. The average molecular weight is 1060 g/mol. The number of imide groups is 2. The molecule has 7 rings (SSSR count). The van der Waals surface area contributed by atoms with Gasteiger partial charge in [-0.15, -0.1) is 0 Å². The minimum atomic E-state index is -0.985. The summed E-state index contributed by atoms with van der Waals surface area (Å²) in [6.45, 7) is 12.3. The number of esters is 1. The first-order valence-corrected chi connectivity index (χ1v) is 26.7. The summed E-state index contributed by atoms with van der Waals surface area (Å²) in [4.78, 5) is 92.3. The Bertz CT molecular complexity index is 2740. The Morgan fingerprint density at radius 3 is 2.26 bits per heavy atom. The van der Waals surface area contributed by atoms with Crippen LogP contribution in [0.2, 0.25) is 0 Å². The molecule has 414 valence electrons. The van der Waals surface area contributed by atoms with Crippen molar-refractivity contribution >= 4 is 41.3 Å². The molecule has 4 atom stereocenters. The fraction of sp³-hybridized carbons (Fsp3) is 0.483. The van der Waals surface area contributed by atoms with E-state index in [4.69, 9.17) is 33.2 Å². The molecule has 0 radical (unpaired) electrons. The van der Waals surface area contributed by atoms with Crippen molar-refractivity contribution in [3.8, 4) is 23.0 Å². The quantitative estimate of drug-likeness (QED) is 0.0375. The molecule has 0 bridgehead atoms. The second-order valence-electron chi connectivity index (χ2n) is 19.5. The SMILES string of the molecule is CCCOCCOc1cccc2c1C(=O)N(C1CCC(=O)NC1=O)C2=O.CC[C@H](C(=O)N1CCCC[C@H]1C(=O)OC(CCc1ccc(C)c(C)c1)c1cccc(OCC(=O)CCCOC)c1)c1cc(C)c(OC)c(OC)c1. The minimum absolute atomic E-state index is 0.00847. The van der Waals surface area contributed by atoms with Crippen LogP contribution in [0.15, 0.2) is 72.8 Å². The van der Waals surface area contributed by atoms with Crippen molar-refractivity contribution in [2.24, 2.45) is 0 Å². The summed E-state index contributed by atoms with van der Waals surface area (Å²) in [5.74, 6) is -1.11. The lowest BCUT2D eigenvalue weighted by atomic mass is 9.91. The Hall–Kier alpha value is -7.11. The van der Waals surface area contributed by atoms with Gasteiger partial charge in [-0.25, -0.2) is 4.79 Å². The van der Waals surface area contributed by atoms with Crippen LogP contribution < -0.4 is 24.3 Å². The highest BCUT2D eigenvalue weighted by Crippen LogP contribution is 2.38. The summed E-state index contributed by atoms with van der Waals surface area (Å²) in [5.41, 5.74) is 6.41. The molecular formula is C60H75N3O14. The number of carbonyl (C=O) groups excluding carboxylic acids is 7. The van der Waals surface area contributed by atoms with Crippen molar-refractivity contribution in [1.82, 2.24) is 15.1 Å². The van der Waals surface area contributed by atoms with Gasteiger partial charge in [0.2, 0.25) is 17.7 Å². The number of fused-ring (bicyclic) bond motifs is 1. The van der Waals surface area contributed by atoms with Crippen LogP contribution in [0, 0.1) is 20.8 Å². The fourth-order valence-corrected chi connectivity index (χ4v) is 9.86. The zero-order valence-corrected chi connectivity index (χ0v) is 45.9. The zero-order chi connectivity index (χ0) is 55.6. The van der Waals surface area contributed by atoms with Crippen LogP contribution in [0.25, 0.3) is 0 Å². The third-order valence-electron chi connectivity index (χ3n) is 14.1. The number of ketones is 1. The molecule has 1 N–H and O–H groups in total. The average Bonchev–Trinajstić information content (AvgIpc) is 3.72. The number of likely N-dealkylation sites (tertiary alicyclic amines) is 1. The van der Waals surface area contributed by atoms with Gasteiger partial charge in [-0.3, -0.25) is 39.0 Å². The molecule has 5 amide bonds. The molecule has 77 heavy (non-hydrogen) atoms. The molecule has 0 saturated carbocycles. The van der Waals surface area contributed by atoms with E-state index in [2.05, 4.69) is 37.4 Å². The van der Waals surface area contributed by atoms with E-state index in [1.54, 1.807) is 44.4 Å². The van der Waals surface area contributed by atoms with Gasteiger partial charge in [0.15, 0.2) is 17.3 Å². The Morgan fingerprint density at radius 1 is 0.753 bits per heavy atom. The summed E-state index contributed by atoms with van der Waals surface area (Å²) in [5, 5.41) is 2.17. The van der Waals surface area contributed by atoms with Crippen LogP contribution in [-0.2, 0) is 44.6 Å². The predicted molar refractivity (Wildman–Crippen MR) is 288 cm³/mol. The van der Waals surface area contributed by atoms with Gasteiger partial charge in [-0.05, 0) is 142 Å². The molecule has 3 aliphatic rings. The normalized spacial score (nSPS) is 16.9. The molecule has 2 unspecified atom stereocenters. The first kappa shape index (κ1) is 59.1. The van der Waals surface area contributed by atoms with Crippen molar-refractivity contribution in [3.63, 3.8) is 0 Å². The molecular weight excluding hydrogens is 987 g/mol. The third-order valence-corrected chi connectivity index (χ3v) is 14.1. The number of aryl methyl sites for hydroxylation is 4. The molecule has 0 aromatic heterocycles. The monoisotopic (exact) mass is 1060 g/mol. The summed E-state index contributed by atoms with van der Waals surface area (Å²) in [6, 6.07) is 20.7. The Labute approximate surface area is 452 Å². The number of piperidine rings is 2. The Kier molecular flexibility index (Phi) is 22.2. The second-order valence-corrected chi connectivity index (χ2v) is 19.5. The maximum atomic E-state index is 14.3. The van der Waals surface area contributed by atoms with E-state index in [0.717, 1.165) is 46.4 Å². The Morgan fingerprint density at radius 2 is 1.55 bits per heavy atom. The van der Waals surface area contributed by atoms with Gasteiger partial charge >= 0.3 is 5.97 Å². The minimum Gasteiger partial charge on any atom is -0.493 e. The van der Waals surface area contributed by atoms with Gasteiger partial charge in [-0.1, -0.05) is 56.3 Å². The first-order chi connectivity index (χ1) is 37.1. The highest BCUT2D eigenvalue weighted by Gasteiger charge is 2.46. The van der Waals surface area contributed by atoms with E-state index in [9.17, 15) is 33.6 Å². The number of methoxy groups -OCH3 is 3. The lowest BCUT2D eigenvalue weighted by Crippen LogP contribution is -2.54. The molecule has 17 nitrogen and oxygen atoms in total. The van der Waals surface area contributed by atoms with E-state index in [1.165, 1.54) is 17.2 Å². The van der Waals surface area contributed by atoms with Crippen molar-refractivity contribution in [1.29, 1.82) is 0 Å². The predicted octanol–water partition coefficient (Wildman–Crippen LogP) is 8.69. The molecule has 0 aliphatic carbocycles. The van der Waals surface area contributed by atoms with Gasteiger partial charge in [0.25, 0.3) is 11.8 Å². The van der Waals surface area contributed by atoms with E-state index in [0.29, 0.717) is 82.1 Å². The van der Waals surface area contributed by atoms with Crippen LogP contribution in [-0.4, -0.2) is 124 Å². The molecule has 0 spiro atoms. The van der Waals surface area contributed by atoms with E-state index < -0.39 is 53.7 Å². The summed E-state index contributed by atoms with van der Waals surface area (Å²) >= 11 is 0. The van der Waals surface area contributed by atoms with Crippen LogP contribution in [0.4, 0.5) is 0 Å². The lowest BCUT2D eigenvalue weighted by molar-refractivity contribution is -0.162. The highest BCUT2D eigenvalue weighted by atomic mass is 16.5. The number of hydrogen-bond donors (Lipinski definition) is 1. The molecule has 4 aromatic carbocycles. The van der Waals surface area contributed by atoms with Crippen molar-refractivity contribution in [2.45, 2.75) is 129 Å². The van der Waals surface area contributed by atoms with E-state index >= 15 is 0 Å². The number of hydrogen-bond acceptors (Lipinski definition) is 14. The molecule has 4 aromatic rings. The summed E-state index contributed by atoms with van der Waals surface area (Å²) < 4.78 is 39.4.